The molecule has 3 heterocycles. The van der Waals surface area contributed by atoms with E-state index in [2.05, 4.69) is 0 Å². The molecule has 3 aliphatic heterocycles. The van der Waals surface area contributed by atoms with Gasteiger partial charge in [0.05, 0.1) is 18.8 Å². The summed E-state index contributed by atoms with van der Waals surface area (Å²) < 4.78 is 11.1. The number of fused-ring (bicyclic) bond motifs is 1. The van der Waals surface area contributed by atoms with Crippen LogP contribution >= 0.6 is 0 Å². The number of hydrogen-bond donors (Lipinski definition) is 0. The predicted octanol–water partition coefficient (Wildman–Crippen LogP) is 0.523. The predicted molar refractivity (Wildman–Crippen MR) is 40.8 cm³/mol. The minimum Gasteiger partial charge on any atom is -0.378 e. The molecular formula is C9H12O3. The van der Waals surface area contributed by atoms with E-state index in [0.29, 0.717) is 24.7 Å². The second-order valence-electron chi connectivity index (χ2n) is 4.09. The molecule has 1 spiro atoms. The Bertz CT molecular complexity index is 238. The van der Waals surface area contributed by atoms with Gasteiger partial charge < -0.3 is 9.47 Å². The van der Waals surface area contributed by atoms with Crippen LogP contribution in [0.5, 0.6) is 0 Å². The lowest BCUT2D eigenvalue weighted by molar-refractivity contribution is -0.147. The number of carbonyl (C=O) groups excluding carboxylic acids is 1. The van der Waals surface area contributed by atoms with Crippen molar-refractivity contribution in [2.24, 2.45) is 5.92 Å². The van der Waals surface area contributed by atoms with Crippen LogP contribution in [0.15, 0.2) is 0 Å². The second-order valence-corrected chi connectivity index (χ2v) is 4.09. The molecule has 3 atom stereocenters. The Morgan fingerprint density at radius 1 is 1.50 bits per heavy atom. The highest BCUT2D eigenvalue weighted by molar-refractivity contribution is 5.84. The van der Waals surface area contributed by atoms with Gasteiger partial charge in [-0.3, -0.25) is 4.79 Å². The van der Waals surface area contributed by atoms with Crippen molar-refractivity contribution in [3.63, 3.8) is 0 Å². The summed E-state index contributed by atoms with van der Waals surface area (Å²) in [5.41, 5.74) is -0.0570. The lowest BCUT2D eigenvalue weighted by Gasteiger charge is -2.30. The lowest BCUT2D eigenvalue weighted by atomic mass is 9.88. The molecule has 2 bridgehead atoms. The first-order chi connectivity index (χ1) is 5.80. The van der Waals surface area contributed by atoms with Crippen molar-refractivity contribution in [3.8, 4) is 0 Å². The smallest absolute Gasteiger partial charge is 0.161 e. The zero-order valence-electron chi connectivity index (χ0n) is 6.91. The van der Waals surface area contributed by atoms with Crippen molar-refractivity contribution in [1.82, 2.24) is 0 Å². The topological polar surface area (TPSA) is 35.5 Å². The number of ketones is 1. The maximum atomic E-state index is 11.3. The Hall–Kier alpha value is -0.410. The average Bonchev–Trinajstić information content (AvgIpc) is 2.52. The summed E-state index contributed by atoms with van der Waals surface area (Å²) in [6.45, 7) is 1.51. The first-order valence-corrected chi connectivity index (χ1v) is 4.58. The zero-order chi connectivity index (χ0) is 8.18. The number of ether oxygens (including phenoxy) is 2. The average molecular weight is 168 g/mol. The number of rotatable bonds is 0. The summed E-state index contributed by atoms with van der Waals surface area (Å²) >= 11 is 0. The summed E-state index contributed by atoms with van der Waals surface area (Å²) in [7, 11) is 0. The van der Waals surface area contributed by atoms with E-state index < -0.39 is 0 Å². The van der Waals surface area contributed by atoms with Gasteiger partial charge in [-0.05, 0) is 12.8 Å². The molecule has 0 saturated carbocycles. The van der Waals surface area contributed by atoms with Gasteiger partial charge in [0.25, 0.3) is 0 Å². The molecule has 0 N–H and O–H groups in total. The highest BCUT2D eigenvalue weighted by Gasteiger charge is 2.56. The summed E-state index contributed by atoms with van der Waals surface area (Å²) in [6.07, 6.45) is 2.39. The van der Waals surface area contributed by atoms with Crippen LogP contribution in [0.25, 0.3) is 0 Å². The molecule has 3 rings (SSSR count). The number of hydrogen-bond acceptors (Lipinski definition) is 3. The highest BCUT2D eigenvalue weighted by Crippen LogP contribution is 2.47. The van der Waals surface area contributed by atoms with E-state index in [0.717, 1.165) is 19.4 Å². The van der Waals surface area contributed by atoms with E-state index in [1.54, 1.807) is 0 Å². The van der Waals surface area contributed by atoms with Crippen LogP contribution in [0.3, 0.4) is 0 Å². The lowest BCUT2D eigenvalue weighted by Crippen LogP contribution is -2.41. The quantitative estimate of drug-likeness (QED) is 0.529. The van der Waals surface area contributed by atoms with Gasteiger partial charge in [0.15, 0.2) is 5.78 Å². The maximum Gasteiger partial charge on any atom is 0.161 e. The number of carbonyl (C=O) groups is 1. The minimum atomic E-state index is -0.0901. The first kappa shape index (κ1) is 7.04. The van der Waals surface area contributed by atoms with E-state index in [1.807, 2.05) is 0 Å². The van der Waals surface area contributed by atoms with E-state index >= 15 is 0 Å². The fourth-order valence-corrected chi connectivity index (χ4v) is 2.67. The first-order valence-electron chi connectivity index (χ1n) is 4.58. The maximum absolute atomic E-state index is 11.3. The molecule has 3 heteroatoms. The molecule has 3 fully saturated rings. The summed E-state index contributed by atoms with van der Waals surface area (Å²) in [5.74, 6) is 0.795. The van der Waals surface area contributed by atoms with Crippen LogP contribution in [-0.2, 0) is 14.3 Å². The van der Waals surface area contributed by atoms with E-state index in [-0.39, 0.29) is 11.7 Å². The van der Waals surface area contributed by atoms with Crippen LogP contribution in [0.4, 0.5) is 0 Å². The van der Waals surface area contributed by atoms with Gasteiger partial charge in [0, 0.05) is 12.3 Å². The van der Waals surface area contributed by atoms with Crippen molar-refractivity contribution in [1.29, 1.82) is 0 Å². The molecule has 3 saturated heterocycles. The molecule has 0 aliphatic carbocycles. The van der Waals surface area contributed by atoms with Crippen molar-refractivity contribution < 1.29 is 14.3 Å². The summed E-state index contributed by atoms with van der Waals surface area (Å²) in [4.78, 5) is 11.3. The molecule has 3 nitrogen and oxygen atoms in total. The monoisotopic (exact) mass is 168 g/mol. The van der Waals surface area contributed by atoms with Gasteiger partial charge >= 0.3 is 0 Å². The molecule has 0 aromatic rings. The fourth-order valence-electron chi connectivity index (χ4n) is 2.67. The van der Waals surface area contributed by atoms with Crippen molar-refractivity contribution >= 4 is 5.78 Å². The molecule has 0 amide bonds. The van der Waals surface area contributed by atoms with Crippen molar-refractivity contribution in [3.05, 3.63) is 0 Å². The standard InChI is InChI=1S/C9H12O3/c10-7-1-2-9-5-11-4-6(9)3-8(7)12-9/h6,8H,1-5H2/t6?,8-,9+/m0/s1. The van der Waals surface area contributed by atoms with Crippen LogP contribution < -0.4 is 0 Å². The third kappa shape index (κ3) is 0.709. The SMILES string of the molecule is O=C1CC[C@@]23COCC2C[C@@H]1O3. The largest absolute Gasteiger partial charge is 0.378 e. The molecule has 66 valence electrons. The van der Waals surface area contributed by atoms with Gasteiger partial charge in [-0.2, -0.15) is 0 Å². The van der Waals surface area contributed by atoms with Crippen molar-refractivity contribution in [2.45, 2.75) is 31.0 Å². The molecule has 1 unspecified atom stereocenters. The normalized spacial score (nSPS) is 51.2. The molecule has 0 aromatic carbocycles. The van der Waals surface area contributed by atoms with Crippen LogP contribution in [0.1, 0.15) is 19.3 Å². The highest BCUT2D eigenvalue weighted by atomic mass is 16.6. The third-order valence-electron chi connectivity index (χ3n) is 3.44. The Morgan fingerprint density at radius 2 is 2.42 bits per heavy atom. The Labute approximate surface area is 71.0 Å². The minimum absolute atomic E-state index is 0.0570. The molecule has 3 aliphatic rings. The van der Waals surface area contributed by atoms with Gasteiger partial charge in [-0.1, -0.05) is 0 Å². The molecule has 0 aromatic heterocycles. The zero-order valence-corrected chi connectivity index (χ0v) is 6.91. The summed E-state index contributed by atoms with van der Waals surface area (Å²) in [6, 6.07) is 0. The van der Waals surface area contributed by atoms with Crippen LogP contribution in [0.2, 0.25) is 0 Å². The van der Waals surface area contributed by atoms with Gasteiger partial charge in [0.2, 0.25) is 0 Å². The summed E-state index contributed by atoms with van der Waals surface area (Å²) in [5, 5.41) is 0. The third-order valence-corrected chi connectivity index (χ3v) is 3.44. The Morgan fingerprint density at radius 3 is 3.33 bits per heavy atom. The Kier molecular flexibility index (Phi) is 1.23. The fraction of sp³-hybridized carbons (Fsp3) is 0.889. The molecule has 12 heavy (non-hydrogen) atoms. The van der Waals surface area contributed by atoms with Crippen molar-refractivity contribution in [2.75, 3.05) is 13.2 Å². The molecule has 0 radical (unpaired) electrons. The van der Waals surface area contributed by atoms with Crippen LogP contribution in [0, 0.1) is 5.92 Å². The number of Topliss-reactive ketones (excluding diaryl/α,β-unsaturated/α-hetero) is 1. The van der Waals surface area contributed by atoms with Gasteiger partial charge in [-0.15, -0.1) is 0 Å². The van der Waals surface area contributed by atoms with Crippen LogP contribution in [-0.4, -0.2) is 30.7 Å². The second kappa shape index (κ2) is 2.09. The van der Waals surface area contributed by atoms with Gasteiger partial charge in [-0.25, -0.2) is 0 Å². The van der Waals surface area contributed by atoms with E-state index in [1.165, 1.54) is 0 Å². The van der Waals surface area contributed by atoms with Gasteiger partial charge in [0.1, 0.15) is 6.10 Å². The Balaban J connectivity index is 1.95. The molecular weight excluding hydrogens is 156 g/mol. The van der Waals surface area contributed by atoms with E-state index in [4.69, 9.17) is 9.47 Å². The van der Waals surface area contributed by atoms with E-state index in [9.17, 15) is 4.79 Å².